The minimum Gasteiger partial charge on any atom is -0.338 e. The zero-order valence-electron chi connectivity index (χ0n) is 11.6. The molecule has 0 aromatic heterocycles. The average molecular weight is 297 g/mol. The third kappa shape index (κ3) is 3.10. The molecule has 0 spiro atoms. The van der Waals surface area contributed by atoms with Gasteiger partial charge in [0.1, 0.15) is 5.56 Å². The lowest BCUT2D eigenvalue weighted by Gasteiger charge is -2.36. The second-order valence-electron chi connectivity index (χ2n) is 5.87. The second-order valence-corrected chi connectivity index (χ2v) is 6.31. The van der Waals surface area contributed by atoms with Crippen LogP contribution in [0.1, 0.15) is 37.0 Å². The van der Waals surface area contributed by atoms with Crippen molar-refractivity contribution >= 4 is 23.2 Å². The van der Waals surface area contributed by atoms with Gasteiger partial charge in [0.15, 0.2) is 0 Å². The highest BCUT2D eigenvalue weighted by Crippen LogP contribution is 2.31. The molecule has 1 aliphatic rings. The predicted octanol–water partition coefficient (Wildman–Crippen LogP) is 3.51. The van der Waals surface area contributed by atoms with Crippen LogP contribution in [-0.4, -0.2) is 28.8 Å². The highest BCUT2D eigenvalue weighted by atomic mass is 35.5. The third-order valence-electron chi connectivity index (χ3n) is 3.79. The Bertz CT molecular complexity index is 547. The molecule has 0 aliphatic carbocycles. The summed E-state index contributed by atoms with van der Waals surface area (Å²) in [5.74, 6) is -0.310. The van der Waals surface area contributed by atoms with Gasteiger partial charge in [-0.3, -0.25) is 14.9 Å². The Morgan fingerprint density at radius 2 is 1.95 bits per heavy atom. The van der Waals surface area contributed by atoms with E-state index in [1.165, 1.54) is 18.2 Å². The summed E-state index contributed by atoms with van der Waals surface area (Å²) < 4.78 is 0. The quantitative estimate of drug-likeness (QED) is 0.619. The van der Waals surface area contributed by atoms with Crippen molar-refractivity contribution in [3.63, 3.8) is 0 Å². The van der Waals surface area contributed by atoms with E-state index in [0.717, 1.165) is 12.8 Å². The second kappa shape index (κ2) is 5.40. The van der Waals surface area contributed by atoms with E-state index in [1.54, 1.807) is 4.90 Å². The van der Waals surface area contributed by atoms with Gasteiger partial charge in [-0.05, 0) is 30.4 Å². The molecule has 6 heteroatoms. The van der Waals surface area contributed by atoms with Gasteiger partial charge in [0, 0.05) is 24.2 Å². The van der Waals surface area contributed by atoms with Gasteiger partial charge < -0.3 is 4.90 Å². The number of rotatable bonds is 2. The number of likely N-dealkylation sites (tertiary alicyclic amines) is 1. The summed E-state index contributed by atoms with van der Waals surface area (Å²) in [7, 11) is 0. The molecule has 0 saturated carbocycles. The fourth-order valence-corrected chi connectivity index (χ4v) is 2.50. The average Bonchev–Trinajstić information content (AvgIpc) is 2.37. The molecule has 20 heavy (non-hydrogen) atoms. The van der Waals surface area contributed by atoms with Crippen molar-refractivity contribution in [3.8, 4) is 0 Å². The van der Waals surface area contributed by atoms with Gasteiger partial charge in [-0.1, -0.05) is 25.4 Å². The molecule has 0 N–H and O–H groups in total. The molecule has 1 aliphatic heterocycles. The van der Waals surface area contributed by atoms with Crippen molar-refractivity contribution in [1.29, 1.82) is 0 Å². The molecule has 1 saturated heterocycles. The van der Waals surface area contributed by atoms with E-state index in [0.29, 0.717) is 18.1 Å². The molecule has 0 unspecified atom stereocenters. The van der Waals surface area contributed by atoms with Crippen LogP contribution in [0.3, 0.4) is 0 Å². The molecule has 1 amide bonds. The summed E-state index contributed by atoms with van der Waals surface area (Å²) in [5, 5.41) is 11.3. The molecule has 0 atom stereocenters. The number of nitrogens with zero attached hydrogens (tertiary/aromatic N) is 2. The van der Waals surface area contributed by atoms with Gasteiger partial charge >= 0.3 is 0 Å². The molecular weight excluding hydrogens is 280 g/mol. The fourth-order valence-electron chi connectivity index (χ4n) is 2.32. The SMILES string of the molecule is CC1(C)CCN(C(=O)c2cc(Cl)ccc2[N+](=O)[O-])CC1. The molecule has 0 radical (unpaired) electrons. The van der Waals surface area contributed by atoms with Gasteiger partial charge in [0.05, 0.1) is 4.92 Å². The van der Waals surface area contributed by atoms with Crippen LogP contribution in [0.2, 0.25) is 5.02 Å². The number of amides is 1. The van der Waals surface area contributed by atoms with Crippen LogP contribution in [0.25, 0.3) is 0 Å². The number of halogens is 1. The number of hydrogen-bond acceptors (Lipinski definition) is 3. The van der Waals surface area contributed by atoms with Gasteiger partial charge in [-0.2, -0.15) is 0 Å². The lowest BCUT2D eigenvalue weighted by atomic mass is 9.82. The van der Waals surface area contributed by atoms with Crippen LogP contribution in [0.5, 0.6) is 0 Å². The Morgan fingerprint density at radius 1 is 1.35 bits per heavy atom. The smallest absolute Gasteiger partial charge is 0.282 e. The number of nitro groups is 1. The number of nitro benzene ring substituents is 1. The monoisotopic (exact) mass is 296 g/mol. The lowest BCUT2D eigenvalue weighted by molar-refractivity contribution is -0.385. The maximum atomic E-state index is 12.5. The van der Waals surface area contributed by atoms with Crippen molar-refractivity contribution in [3.05, 3.63) is 38.9 Å². The molecule has 1 aromatic carbocycles. The van der Waals surface area contributed by atoms with E-state index < -0.39 is 4.92 Å². The van der Waals surface area contributed by atoms with Crippen molar-refractivity contribution in [2.24, 2.45) is 5.41 Å². The normalized spacial score (nSPS) is 17.9. The Morgan fingerprint density at radius 3 is 2.50 bits per heavy atom. The van der Waals surface area contributed by atoms with Gasteiger partial charge in [0.2, 0.25) is 0 Å². The minimum atomic E-state index is -0.544. The largest absolute Gasteiger partial charge is 0.338 e. The first-order valence-electron chi connectivity index (χ1n) is 6.53. The first kappa shape index (κ1) is 14.8. The van der Waals surface area contributed by atoms with E-state index in [9.17, 15) is 14.9 Å². The van der Waals surface area contributed by atoms with Gasteiger partial charge in [0.25, 0.3) is 11.6 Å². The Kier molecular flexibility index (Phi) is 3.99. The molecule has 2 rings (SSSR count). The molecule has 1 heterocycles. The van der Waals surface area contributed by atoms with Crippen molar-refractivity contribution in [2.45, 2.75) is 26.7 Å². The predicted molar refractivity (Wildman–Crippen MR) is 77.0 cm³/mol. The van der Waals surface area contributed by atoms with E-state index in [-0.39, 0.29) is 22.6 Å². The Labute approximate surface area is 122 Å². The van der Waals surface area contributed by atoms with E-state index in [4.69, 9.17) is 11.6 Å². The molecule has 5 nitrogen and oxygen atoms in total. The highest BCUT2D eigenvalue weighted by molar-refractivity contribution is 6.31. The third-order valence-corrected chi connectivity index (χ3v) is 4.03. The van der Waals surface area contributed by atoms with Crippen LogP contribution in [0, 0.1) is 15.5 Å². The van der Waals surface area contributed by atoms with Crippen molar-refractivity contribution in [1.82, 2.24) is 4.90 Å². The van der Waals surface area contributed by atoms with Crippen LogP contribution in [0.15, 0.2) is 18.2 Å². The van der Waals surface area contributed by atoms with Crippen molar-refractivity contribution < 1.29 is 9.72 Å². The zero-order valence-corrected chi connectivity index (χ0v) is 12.3. The summed E-state index contributed by atoms with van der Waals surface area (Å²) in [6, 6.07) is 4.08. The van der Waals surface area contributed by atoms with Crippen LogP contribution >= 0.6 is 11.6 Å². The van der Waals surface area contributed by atoms with Crippen molar-refractivity contribution in [2.75, 3.05) is 13.1 Å². The van der Waals surface area contributed by atoms with Crippen LogP contribution in [0.4, 0.5) is 5.69 Å². The number of piperidine rings is 1. The van der Waals surface area contributed by atoms with Crippen LogP contribution < -0.4 is 0 Å². The molecule has 0 bridgehead atoms. The van der Waals surface area contributed by atoms with Gasteiger partial charge in [-0.25, -0.2) is 0 Å². The van der Waals surface area contributed by atoms with E-state index >= 15 is 0 Å². The summed E-state index contributed by atoms with van der Waals surface area (Å²) >= 11 is 5.86. The summed E-state index contributed by atoms with van der Waals surface area (Å²) in [5.41, 5.74) is 0.100. The first-order valence-corrected chi connectivity index (χ1v) is 6.91. The van der Waals surface area contributed by atoms with Crippen LogP contribution in [-0.2, 0) is 0 Å². The van der Waals surface area contributed by atoms with E-state index in [2.05, 4.69) is 13.8 Å². The lowest BCUT2D eigenvalue weighted by Crippen LogP contribution is -2.41. The maximum absolute atomic E-state index is 12.5. The zero-order chi connectivity index (χ0) is 14.9. The minimum absolute atomic E-state index is 0.0715. The maximum Gasteiger partial charge on any atom is 0.282 e. The topological polar surface area (TPSA) is 63.5 Å². The number of carbonyl (C=O) groups is 1. The van der Waals surface area contributed by atoms with E-state index in [1.807, 2.05) is 0 Å². The fraction of sp³-hybridized carbons (Fsp3) is 0.500. The standard InChI is InChI=1S/C14H17ClN2O3/c1-14(2)5-7-16(8-6-14)13(18)11-9-10(15)3-4-12(11)17(19)20/h3-4,9H,5-8H2,1-2H3. The number of benzene rings is 1. The Hall–Kier alpha value is -1.62. The molecular formula is C14H17ClN2O3. The Balaban J connectivity index is 2.25. The van der Waals surface area contributed by atoms with Gasteiger partial charge in [-0.15, -0.1) is 0 Å². The first-order chi connectivity index (χ1) is 9.30. The summed E-state index contributed by atoms with van der Waals surface area (Å²) in [6.45, 7) is 5.57. The molecule has 1 fully saturated rings. The molecule has 108 valence electrons. The summed E-state index contributed by atoms with van der Waals surface area (Å²) in [4.78, 5) is 24.6. The number of hydrogen-bond donors (Lipinski definition) is 0. The molecule has 1 aromatic rings. The summed E-state index contributed by atoms with van der Waals surface area (Å²) in [6.07, 6.45) is 1.79. The number of carbonyl (C=O) groups excluding carboxylic acids is 1. The highest BCUT2D eigenvalue weighted by Gasteiger charge is 2.31.